The highest BCUT2D eigenvalue weighted by Crippen LogP contribution is 2.21. The van der Waals surface area contributed by atoms with Crippen LogP contribution in [0.5, 0.6) is 5.75 Å². The van der Waals surface area contributed by atoms with Crippen molar-refractivity contribution in [1.82, 2.24) is 10.2 Å². The predicted octanol–water partition coefficient (Wildman–Crippen LogP) is 3.91. The minimum atomic E-state index is -0.513. The SMILES string of the molecule is CC(Oc1cccc(CNC2CCCC2)c1)C(O)CN1CCc2ccccc2C1. The number of β-amino-alcohol motifs (C(OH)–C–C–N with tert-alkyl or cyclic N) is 1. The summed E-state index contributed by atoms with van der Waals surface area (Å²) in [5.41, 5.74) is 4.05. The second-order valence-corrected chi connectivity index (χ2v) is 8.65. The smallest absolute Gasteiger partial charge is 0.123 e. The molecule has 1 fully saturated rings. The Morgan fingerprint density at radius 3 is 2.72 bits per heavy atom. The molecular weight excluding hydrogens is 360 g/mol. The van der Waals surface area contributed by atoms with Gasteiger partial charge < -0.3 is 15.2 Å². The van der Waals surface area contributed by atoms with E-state index in [4.69, 9.17) is 4.74 Å². The van der Waals surface area contributed by atoms with E-state index < -0.39 is 6.10 Å². The van der Waals surface area contributed by atoms with Gasteiger partial charge in [0.05, 0.1) is 0 Å². The fourth-order valence-corrected chi connectivity index (χ4v) is 4.54. The van der Waals surface area contributed by atoms with E-state index in [1.165, 1.54) is 42.4 Å². The number of hydrogen-bond acceptors (Lipinski definition) is 4. The number of nitrogens with zero attached hydrogens (tertiary/aromatic N) is 1. The first-order valence-electron chi connectivity index (χ1n) is 11.1. The van der Waals surface area contributed by atoms with Crippen molar-refractivity contribution < 1.29 is 9.84 Å². The summed E-state index contributed by atoms with van der Waals surface area (Å²) in [6.07, 6.45) is 5.57. The standard InChI is InChI=1S/C25H34N2O2/c1-19(25(28)18-27-14-13-21-8-2-3-9-22(21)17-27)29-24-12-6-7-20(15-24)16-26-23-10-4-5-11-23/h2-3,6-9,12,15,19,23,25-26,28H,4-5,10-11,13-14,16-18H2,1H3. The maximum Gasteiger partial charge on any atom is 0.123 e. The molecule has 29 heavy (non-hydrogen) atoms. The zero-order valence-corrected chi connectivity index (χ0v) is 17.5. The molecule has 2 unspecified atom stereocenters. The molecule has 1 aliphatic carbocycles. The average molecular weight is 395 g/mol. The Hall–Kier alpha value is -1.88. The number of aliphatic hydroxyl groups is 1. The third kappa shape index (κ3) is 5.59. The van der Waals surface area contributed by atoms with Gasteiger partial charge in [0.15, 0.2) is 0 Å². The minimum absolute atomic E-state index is 0.245. The number of rotatable bonds is 8. The molecule has 1 saturated carbocycles. The number of fused-ring (bicyclic) bond motifs is 1. The largest absolute Gasteiger partial charge is 0.488 e. The van der Waals surface area contributed by atoms with Crippen molar-refractivity contribution in [2.75, 3.05) is 13.1 Å². The predicted molar refractivity (Wildman–Crippen MR) is 117 cm³/mol. The van der Waals surface area contributed by atoms with E-state index in [-0.39, 0.29) is 6.10 Å². The minimum Gasteiger partial charge on any atom is -0.488 e. The third-order valence-electron chi connectivity index (χ3n) is 6.37. The fraction of sp³-hybridized carbons (Fsp3) is 0.520. The van der Waals surface area contributed by atoms with Crippen LogP contribution in [0.15, 0.2) is 48.5 Å². The van der Waals surface area contributed by atoms with E-state index in [9.17, 15) is 5.11 Å². The molecule has 2 aromatic rings. The van der Waals surface area contributed by atoms with Gasteiger partial charge in [-0.3, -0.25) is 4.90 Å². The Morgan fingerprint density at radius 1 is 1.10 bits per heavy atom. The van der Waals surface area contributed by atoms with Crippen LogP contribution in [-0.2, 0) is 19.5 Å². The first kappa shape index (κ1) is 20.4. The maximum atomic E-state index is 10.7. The van der Waals surface area contributed by atoms with Crippen LogP contribution in [0.4, 0.5) is 0 Å². The molecule has 2 aliphatic rings. The number of ether oxygens (including phenoxy) is 1. The zero-order chi connectivity index (χ0) is 20.1. The zero-order valence-electron chi connectivity index (χ0n) is 17.5. The van der Waals surface area contributed by atoms with Crippen molar-refractivity contribution in [2.45, 2.75) is 70.4 Å². The van der Waals surface area contributed by atoms with Gasteiger partial charge in [-0.15, -0.1) is 0 Å². The molecule has 1 aliphatic heterocycles. The Labute approximate surface area is 174 Å². The van der Waals surface area contributed by atoms with Crippen LogP contribution in [0.3, 0.4) is 0 Å². The van der Waals surface area contributed by atoms with Crippen LogP contribution in [0.2, 0.25) is 0 Å². The fourth-order valence-electron chi connectivity index (χ4n) is 4.54. The Balaban J connectivity index is 1.27. The van der Waals surface area contributed by atoms with Crippen LogP contribution in [0, 0.1) is 0 Å². The molecule has 0 saturated heterocycles. The number of benzene rings is 2. The lowest BCUT2D eigenvalue weighted by Gasteiger charge is -2.32. The molecule has 156 valence electrons. The van der Waals surface area contributed by atoms with Gasteiger partial charge >= 0.3 is 0 Å². The molecule has 0 bridgehead atoms. The molecule has 4 heteroatoms. The molecule has 0 radical (unpaired) electrons. The van der Waals surface area contributed by atoms with Crippen molar-refractivity contribution in [3.63, 3.8) is 0 Å². The molecule has 0 aromatic heterocycles. The molecule has 1 heterocycles. The van der Waals surface area contributed by atoms with Crippen molar-refractivity contribution in [3.05, 3.63) is 65.2 Å². The summed E-state index contributed by atoms with van der Waals surface area (Å²) in [4.78, 5) is 2.33. The Bertz CT molecular complexity index is 788. The highest BCUT2D eigenvalue weighted by atomic mass is 16.5. The number of nitrogens with one attached hydrogen (secondary N) is 1. The van der Waals surface area contributed by atoms with Gasteiger partial charge in [-0.2, -0.15) is 0 Å². The Kier molecular flexibility index (Phi) is 6.86. The van der Waals surface area contributed by atoms with Crippen molar-refractivity contribution in [2.24, 2.45) is 0 Å². The van der Waals surface area contributed by atoms with Gasteiger partial charge in [0.25, 0.3) is 0 Å². The highest BCUT2D eigenvalue weighted by molar-refractivity contribution is 5.30. The summed E-state index contributed by atoms with van der Waals surface area (Å²) in [7, 11) is 0. The van der Waals surface area contributed by atoms with E-state index in [1.807, 2.05) is 19.1 Å². The van der Waals surface area contributed by atoms with E-state index in [0.29, 0.717) is 12.6 Å². The van der Waals surface area contributed by atoms with Gasteiger partial charge in [-0.1, -0.05) is 49.2 Å². The first-order valence-corrected chi connectivity index (χ1v) is 11.1. The van der Waals surface area contributed by atoms with Crippen LogP contribution in [0.25, 0.3) is 0 Å². The molecule has 4 nitrogen and oxygen atoms in total. The first-order chi connectivity index (χ1) is 14.2. The molecule has 2 N–H and O–H groups in total. The van der Waals surface area contributed by atoms with Crippen LogP contribution < -0.4 is 10.1 Å². The van der Waals surface area contributed by atoms with Crippen LogP contribution in [0.1, 0.15) is 49.3 Å². The molecule has 2 atom stereocenters. The summed E-state index contributed by atoms with van der Waals surface area (Å²) in [5.74, 6) is 0.839. The highest BCUT2D eigenvalue weighted by Gasteiger charge is 2.23. The third-order valence-corrected chi connectivity index (χ3v) is 6.37. The molecule has 0 spiro atoms. The van der Waals surface area contributed by atoms with Crippen LogP contribution in [-0.4, -0.2) is 41.3 Å². The van der Waals surface area contributed by atoms with Gasteiger partial charge in [0.1, 0.15) is 18.0 Å². The van der Waals surface area contributed by atoms with Crippen LogP contribution >= 0.6 is 0 Å². The second-order valence-electron chi connectivity index (χ2n) is 8.65. The van der Waals surface area contributed by atoms with E-state index in [2.05, 4.69) is 46.6 Å². The van der Waals surface area contributed by atoms with E-state index in [1.54, 1.807) is 0 Å². The lowest BCUT2D eigenvalue weighted by atomic mass is 9.99. The average Bonchev–Trinajstić information content (AvgIpc) is 3.26. The molecule has 4 rings (SSSR count). The monoisotopic (exact) mass is 394 g/mol. The molecular formula is C25H34N2O2. The Morgan fingerprint density at radius 2 is 1.90 bits per heavy atom. The number of hydrogen-bond donors (Lipinski definition) is 2. The van der Waals surface area contributed by atoms with E-state index in [0.717, 1.165) is 31.8 Å². The summed E-state index contributed by atoms with van der Waals surface area (Å²) in [6.45, 7) is 5.38. The normalized spacial score (nSPS) is 19.7. The maximum absolute atomic E-state index is 10.7. The lowest BCUT2D eigenvalue weighted by Crippen LogP contribution is -2.42. The number of aliphatic hydroxyl groups excluding tert-OH is 1. The van der Waals surface area contributed by atoms with Crippen molar-refractivity contribution >= 4 is 0 Å². The van der Waals surface area contributed by atoms with Crippen molar-refractivity contribution in [1.29, 1.82) is 0 Å². The summed E-state index contributed by atoms with van der Waals surface area (Å²) in [6, 6.07) is 17.5. The topological polar surface area (TPSA) is 44.7 Å². The van der Waals surface area contributed by atoms with E-state index >= 15 is 0 Å². The van der Waals surface area contributed by atoms with Gasteiger partial charge in [0, 0.05) is 32.2 Å². The van der Waals surface area contributed by atoms with Crippen molar-refractivity contribution in [3.8, 4) is 5.75 Å². The summed E-state index contributed by atoms with van der Waals surface area (Å²) in [5, 5.41) is 14.4. The lowest BCUT2D eigenvalue weighted by molar-refractivity contribution is 0.0178. The summed E-state index contributed by atoms with van der Waals surface area (Å²) >= 11 is 0. The van der Waals surface area contributed by atoms with Gasteiger partial charge in [-0.05, 0) is 55.0 Å². The van der Waals surface area contributed by atoms with Gasteiger partial charge in [-0.25, -0.2) is 0 Å². The molecule has 2 aromatic carbocycles. The summed E-state index contributed by atoms with van der Waals surface area (Å²) < 4.78 is 6.10. The quantitative estimate of drug-likeness (QED) is 0.713. The molecule has 0 amide bonds. The van der Waals surface area contributed by atoms with Gasteiger partial charge in [0.2, 0.25) is 0 Å². The second kappa shape index (κ2) is 9.75.